The van der Waals surface area contributed by atoms with E-state index in [1.165, 1.54) is 28.4 Å². The first-order valence-electron chi connectivity index (χ1n) is 10.9. The molecule has 3 aromatic rings. The maximum Gasteiger partial charge on any atom is 0.274 e. The molecule has 1 aliphatic rings. The van der Waals surface area contributed by atoms with E-state index in [0.717, 1.165) is 17.5 Å². The molecule has 9 nitrogen and oxygen atoms in total. The summed E-state index contributed by atoms with van der Waals surface area (Å²) in [6.07, 6.45) is 3.26. The molecular formula is C22H25FN4O5S2. The van der Waals surface area contributed by atoms with Crippen molar-refractivity contribution in [3.63, 3.8) is 0 Å². The van der Waals surface area contributed by atoms with Crippen LogP contribution in [0.5, 0.6) is 0 Å². The molecule has 2 atom stereocenters. The van der Waals surface area contributed by atoms with Crippen LogP contribution in [0.15, 0.2) is 39.7 Å². The second-order valence-corrected chi connectivity index (χ2v) is 11.7. The number of nitrogens with zero attached hydrogens (tertiary/aromatic N) is 3. The molecule has 4 heterocycles. The summed E-state index contributed by atoms with van der Waals surface area (Å²) in [5.41, 5.74) is -1.58. The smallest absolute Gasteiger partial charge is 0.274 e. The highest BCUT2D eigenvalue weighted by Gasteiger charge is 2.44. The quantitative estimate of drug-likeness (QED) is 0.543. The van der Waals surface area contributed by atoms with Gasteiger partial charge in [0.2, 0.25) is 5.91 Å². The molecule has 0 radical (unpaired) electrons. The van der Waals surface area contributed by atoms with Crippen molar-refractivity contribution >= 4 is 37.3 Å². The van der Waals surface area contributed by atoms with Gasteiger partial charge in [-0.05, 0) is 32.4 Å². The molecule has 0 aliphatic carbocycles. The Hall–Kier alpha value is -2.70. The summed E-state index contributed by atoms with van der Waals surface area (Å²) in [4.78, 5) is 34.2. The zero-order valence-corrected chi connectivity index (χ0v) is 20.6. The number of pyridine rings is 1. The van der Waals surface area contributed by atoms with E-state index in [1.54, 1.807) is 20.8 Å². The fourth-order valence-electron chi connectivity index (χ4n) is 3.99. The van der Waals surface area contributed by atoms with Crippen molar-refractivity contribution in [1.82, 2.24) is 19.9 Å². The van der Waals surface area contributed by atoms with Gasteiger partial charge < -0.3 is 10.1 Å². The summed E-state index contributed by atoms with van der Waals surface area (Å²) >= 11 is 0.994. The number of carbonyl (C=O) groups excluding carboxylic acids is 1. The van der Waals surface area contributed by atoms with E-state index in [2.05, 4.69) is 15.3 Å². The number of halogens is 1. The average molecular weight is 509 g/mol. The number of carbonyl (C=O) groups is 1. The topological polar surface area (TPSA) is 120 Å². The maximum absolute atomic E-state index is 13.6. The lowest BCUT2D eigenvalue weighted by Gasteiger charge is -2.41. The molecule has 1 aliphatic heterocycles. The molecule has 1 N–H and O–H groups in total. The second kappa shape index (κ2) is 9.16. The molecule has 3 aromatic heterocycles. The fraction of sp³-hybridized carbons (Fsp3) is 0.455. The number of ether oxygens (including phenoxy) is 1. The van der Waals surface area contributed by atoms with Gasteiger partial charge in [-0.15, -0.1) is 11.3 Å². The lowest BCUT2D eigenvalue weighted by atomic mass is 9.93. The Morgan fingerprint density at radius 2 is 2.15 bits per heavy atom. The summed E-state index contributed by atoms with van der Waals surface area (Å²) in [5.74, 6) is -0.691. The molecule has 1 saturated heterocycles. The molecule has 1 amide bonds. The third-order valence-electron chi connectivity index (χ3n) is 5.91. The SMILES string of the molecule is CCC(=O)NC1CCOC(c2ccc(F)cn2)(n2cnc3c(S(=O)(=O)C(C)C)csc3c2=O)C1. The van der Waals surface area contributed by atoms with E-state index in [9.17, 15) is 22.4 Å². The van der Waals surface area contributed by atoms with Crippen LogP contribution in [0.1, 0.15) is 45.7 Å². The van der Waals surface area contributed by atoms with Crippen LogP contribution in [-0.4, -0.2) is 46.8 Å². The van der Waals surface area contributed by atoms with Crippen LogP contribution >= 0.6 is 11.3 Å². The number of nitrogens with one attached hydrogen (secondary N) is 1. The van der Waals surface area contributed by atoms with E-state index in [1.807, 2.05) is 0 Å². The monoisotopic (exact) mass is 508 g/mol. The van der Waals surface area contributed by atoms with E-state index in [0.29, 0.717) is 12.8 Å². The van der Waals surface area contributed by atoms with E-state index < -0.39 is 32.2 Å². The minimum atomic E-state index is -3.64. The maximum atomic E-state index is 13.6. The van der Waals surface area contributed by atoms with Crippen molar-refractivity contribution < 1.29 is 22.3 Å². The highest BCUT2D eigenvalue weighted by atomic mass is 32.2. The number of fused-ring (bicyclic) bond motifs is 1. The Morgan fingerprint density at radius 1 is 1.38 bits per heavy atom. The Morgan fingerprint density at radius 3 is 2.79 bits per heavy atom. The highest BCUT2D eigenvalue weighted by Crippen LogP contribution is 2.36. The number of aromatic nitrogens is 3. The summed E-state index contributed by atoms with van der Waals surface area (Å²) in [6.45, 7) is 5.08. The lowest BCUT2D eigenvalue weighted by molar-refractivity contribution is -0.132. The molecule has 0 bridgehead atoms. The second-order valence-electron chi connectivity index (χ2n) is 8.40. The summed E-state index contributed by atoms with van der Waals surface area (Å²) in [7, 11) is -3.64. The van der Waals surface area contributed by atoms with Crippen LogP contribution in [0.3, 0.4) is 0 Å². The van der Waals surface area contributed by atoms with Crippen LogP contribution in [0.4, 0.5) is 4.39 Å². The van der Waals surface area contributed by atoms with Gasteiger partial charge in [-0.25, -0.2) is 17.8 Å². The molecule has 0 saturated carbocycles. The summed E-state index contributed by atoms with van der Waals surface area (Å²) < 4.78 is 46.7. The number of hydrogen-bond acceptors (Lipinski definition) is 8. The van der Waals surface area contributed by atoms with Gasteiger partial charge in [0.15, 0.2) is 15.6 Å². The van der Waals surface area contributed by atoms with Gasteiger partial charge in [-0.2, -0.15) is 0 Å². The van der Waals surface area contributed by atoms with Crippen molar-refractivity contribution in [2.24, 2.45) is 0 Å². The Bertz CT molecular complexity index is 1380. The van der Waals surface area contributed by atoms with Crippen molar-refractivity contribution in [2.45, 2.75) is 61.9 Å². The Kier molecular flexibility index (Phi) is 6.58. The number of amides is 1. The summed E-state index contributed by atoms with van der Waals surface area (Å²) in [6, 6.07) is 2.33. The van der Waals surface area contributed by atoms with Crippen LogP contribution < -0.4 is 10.9 Å². The normalized spacial score (nSPS) is 21.1. The number of rotatable bonds is 6. The number of thiophene rings is 1. The Labute approximate surface area is 199 Å². The highest BCUT2D eigenvalue weighted by molar-refractivity contribution is 7.92. The number of sulfone groups is 1. The van der Waals surface area contributed by atoms with E-state index in [-0.39, 0.29) is 45.8 Å². The first kappa shape index (κ1) is 24.4. The number of hydrogen-bond donors (Lipinski definition) is 1. The standard InChI is InChI=1S/C22H25FN4O5S2/c1-4-18(28)26-15-7-8-32-22(9-15,17-6-5-14(23)10-24-17)27-12-25-19-16(34(30,31)13(2)3)11-33-20(19)21(27)29/h5-6,10-13,15H,4,7-9H2,1-3H3,(H,26,28). The molecule has 2 unspecified atom stereocenters. The van der Waals surface area contributed by atoms with Gasteiger partial charge >= 0.3 is 0 Å². The first-order valence-corrected chi connectivity index (χ1v) is 13.3. The molecule has 182 valence electrons. The third-order valence-corrected chi connectivity index (χ3v) is 9.18. The molecule has 12 heteroatoms. The zero-order chi connectivity index (χ0) is 24.7. The first-order chi connectivity index (χ1) is 16.1. The fourth-order valence-corrected chi connectivity index (χ4v) is 6.48. The van der Waals surface area contributed by atoms with Crippen molar-refractivity contribution in [3.05, 3.63) is 51.9 Å². The molecule has 0 spiro atoms. The van der Waals surface area contributed by atoms with Gasteiger partial charge in [-0.3, -0.25) is 19.1 Å². The van der Waals surface area contributed by atoms with Gasteiger partial charge in [-0.1, -0.05) is 6.92 Å². The van der Waals surface area contributed by atoms with Crippen molar-refractivity contribution in [1.29, 1.82) is 0 Å². The molecule has 0 aromatic carbocycles. The lowest BCUT2D eigenvalue weighted by Crippen LogP contribution is -2.53. The largest absolute Gasteiger partial charge is 0.353 e. The van der Waals surface area contributed by atoms with Crippen LogP contribution in [0.25, 0.3) is 10.2 Å². The summed E-state index contributed by atoms with van der Waals surface area (Å²) in [5, 5.41) is 3.69. The van der Waals surface area contributed by atoms with Gasteiger partial charge in [0, 0.05) is 24.3 Å². The van der Waals surface area contributed by atoms with Crippen LogP contribution in [0, 0.1) is 5.82 Å². The predicted octanol–water partition coefficient (Wildman–Crippen LogP) is 2.58. The molecule has 34 heavy (non-hydrogen) atoms. The minimum Gasteiger partial charge on any atom is -0.353 e. The molecular weight excluding hydrogens is 483 g/mol. The van der Waals surface area contributed by atoms with E-state index >= 15 is 0 Å². The van der Waals surface area contributed by atoms with Gasteiger partial charge in [0.1, 0.15) is 27.3 Å². The Balaban J connectivity index is 1.89. The zero-order valence-electron chi connectivity index (χ0n) is 18.9. The third kappa shape index (κ3) is 4.14. The van der Waals surface area contributed by atoms with Gasteiger partial charge in [0.05, 0.1) is 23.7 Å². The average Bonchev–Trinajstić information content (AvgIpc) is 3.25. The molecule has 1 fully saturated rings. The van der Waals surface area contributed by atoms with Crippen molar-refractivity contribution in [3.8, 4) is 0 Å². The van der Waals surface area contributed by atoms with Crippen molar-refractivity contribution in [2.75, 3.05) is 6.61 Å². The minimum absolute atomic E-state index is 0.0124. The molecule has 4 rings (SSSR count). The predicted molar refractivity (Wildman–Crippen MR) is 125 cm³/mol. The van der Waals surface area contributed by atoms with Gasteiger partial charge in [0.25, 0.3) is 5.56 Å². The van der Waals surface area contributed by atoms with Crippen LogP contribution in [-0.2, 0) is 25.1 Å². The van der Waals surface area contributed by atoms with E-state index in [4.69, 9.17) is 4.74 Å². The van der Waals surface area contributed by atoms with Crippen LogP contribution in [0.2, 0.25) is 0 Å².